The summed E-state index contributed by atoms with van der Waals surface area (Å²) < 4.78 is 30.4. The van der Waals surface area contributed by atoms with Crippen LogP contribution in [0.5, 0.6) is 11.6 Å². The first-order valence-electron chi connectivity index (χ1n) is 17.0. The van der Waals surface area contributed by atoms with Crippen molar-refractivity contribution in [1.29, 1.82) is 0 Å². The second-order valence-corrected chi connectivity index (χ2v) is 21.5. The number of halogens is 1. The Morgan fingerprint density at radius 1 is 1.00 bits per heavy atom. The van der Waals surface area contributed by atoms with Crippen molar-refractivity contribution in [3.05, 3.63) is 34.5 Å². The van der Waals surface area contributed by atoms with Gasteiger partial charge in [0.2, 0.25) is 0 Å². The summed E-state index contributed by atoms with van der Waals surface area (Å²) in [6.07, 6.45) is 1.17. The molecule has 1 N–H and O–H groups in total. The van der Waals surface area contributed by atoms with Gasteiger partial charge in [-0.1, -0.05) is 38.4 Å². The van der Waals surface area contributed by atoms with E-state index in [9.17, 15) is 9.59 Å². The lowest BCUT2D eigenvalue weighted by Gasteiger charge is -2.40. The van der Waals surface area contributed by atoms with Crippen LogP contribution in [-0.4, -0.2) is 86.0 Å². The highest BCUT2D eigenvalue weighted by atomic mass is 35.5. The minimum Gasteiger partial charge on any atom is -0.484 e. The van der Waals surface area contributed by atoms with Gasteiger partial charge >= 0.3 is 12.2 Å². The molecule has 276 valence electrons. The van der Waals surface area contributed by atoms with E-state index >= 15 is 0 Å². The quantitative estimate of drug-likeness (QED) is 0.288. The Morgan fingerprint density at radius 2 is 1.64 bits per heavy atom. The number of amides is 2. The van der Waals surface area contributed by atoms with Crippen molar-refractivity contribution < 1.29 is 33.0 Å². The van der Waals surface area contributed by atoms with Crippen LogP contribution in [0.25, 0.3) is 5.57 Å². The second-order valence-electron chi connectivity index (χ2n) is 16.3. The van der Waals surface area contributed by atoms with E-state index in [4.69, 9.17) is 40.0 Å². The number of fused-ring (bicyclic) bond motifs is 1. The Balaban J connectivity index is 1.77. The monoisotopic (exact) mass is 731 g/mol. The van der Waals surface area contributed by atoms with Gasteiger partial charge in [0.15, 0.2) is 19.9 Å². The Morgan fingerprint density at radius 3 is 2.26 bits per heavy atom. The van der Waals surface area contributed by atoms with E-state index in [1.807, 2.05) is 54.5 Å². The predicted molar refractivity (Wildman–Crippen MR) is 200 cm³/mol. The van der Waals surface area contributed by atoms with Crippen LogP contribution in [0.2, 0.25) is 23.2 Å². The zero-order valence-corrected chi connectivity index (χ0v) is 33.6. The maximum absolute atomic E-state index is 13.4. The Bertz CT molecular complexity index is 1630. The van der Waals surface area contributed by atoms with Crippen LogP contribution in [0.4, 0.5) is 26.9 Å². The van der Waals surface area contributed by atoms with Crippen molar-refractivity contribution >= 4 is 55.0 Å². The fraction of sp³-hybridized carbons (Fsp3) is 0.611. The Hall–Kier alpha value is -3.55. The molecule has 12 nitrogen and oxygen atoms in total. The maximum atomic E-state index is 13.4. The molecule has 2 aliphatic rings. The molecule has 2 aromatic heterocycles. The molecule has 0 saturated carbocycles. The third-order valence-electron chi connectivity index (χ3n) is 8.54. The number of anilines is 3. The molecular formula is C36H54ClN5O7Si. The first-order valence-corrected chi connectivity index (χ1v) is 20.3. The molecular weight excluding hydrogens is 678 g/mol. The number of hydrogen-bond acceptors (Lipinski definition) is 10. The third kappa shape index (κ3) is 9.82. The van der Waals surface area contributed by atoms with E-state index in [-0.39, 0.29) is 23.6 Å². The van der Waals surface area contributed by atoms with Gasteiger partial charge in [-0.15, -0.1) is 0 Å². The number of nitrogens with one attached hydrogen (secondary N) is 1. The highest BCUT2D eigenvalue weighted by molar-refractivity contribution is 6.74. The number of nitrogens with zero attached hydrogens (tertiary/aromatic N) is 4. The molecule has 0 saturated heterocycles. The van der Waals surface area contributed by atoms with Gasteiger partial charge in [0.05, 0.1) is 16.8 Å². The van der Waals surface area contributed by atoms with Crippen LogP contribution in [0, 0.1) is 6.92 Å². The number of rotatable bonds is 6. The standard InChI is InChI=1S/C36H54ClN5O7Si/c1-22-18-24(41(11)32(43)47-34(2,3)4)20-26(38-22)39-30-28(37)27(29-31(40-30)46-17-16-45-29)23-14-15-42(33(44)48-35(5,6)7)21-25(19-23)49-50(12,13)36(8,9)10/h14,18,20,25H,15-17,19,21H2,1-13H3,(H,38,39,40). The normalized spacial score (nSPS) is 17.0. The molecule has 4 heterocycles. The molecule has 0 aliphatic carbocycles. The van der Waals surface area contributed by atoms with Crippen molar-refractivity contribution in [3.8, 4) is 11.6 Å². The molecule has 0 bridgehead atoms. The number of carbonyl (C=O) groups is 2. The molecule has 0 fully saturated rings. The molecule has 14 heteroatoms. The number of ether oxygens (including phenoxy) is 4. The first-order chi connectivity index (χ1) is 22.9. The summed E-state index contributed by atoms with van der Waals surface area (Å²) >= 11 is 7.24. The lowest BCUT2D eigenvalue weighted by molar-refractivity contribution is 0.0195. The molecule has 0 radical (unpaired) electrons. The Labute approximate surface area is 302 Å². The van der Waals surface area contributed by atoms with Crippen molar-refractivity contribution in [3.63, 3.8) is 0 Å². The molecule has 0 aromatic carbocycles. The minimum atomic E-state index is -2.27. The first kappa shape index (κ1) is 39.2. The summed E-state index contributed by atoms with van der Waals surface area (Å²) in [5, 5.41) is 3.50. The second kappa shape index (κ2) is 14.6. The minimum absolute atomic E-state index is 0.0569. The number of aryl methyl sites for hydroxylation is 1. The van der Waals surface area contributed by atoms with E-state index in [2.05, 4.69) is 44.2 Å². The zero-order valence-electron chi connectivity index (χ0n) is 31.9. The number of aromatic nitrogens is 2. The zero-order chi connectivity index (χ0) is 37.4. The summed E-state index contributed by atoms with van der Waals surface area (Å²) in [4.78, 5) is 38.7. The van der Waals surface area contributed by atoms with Crippen molar-refractivity contribution in [2.24, 2.45) is 0 Å². The van der Waals surface area contributed by atoms with E-state index < -0.39 is 31.7 Å². The van der Waals surface area contributed by atoms with E-state index in [0.717, 1.165) is 5.57 Å². The van der Waals surface area contributed by atoms with Gasteiger partial charge in [-0.2, -0.15) is 4.98 Å². The van der Waals surface area contributed by atoms with Gasteiger partial charge in [0, 0.05) is 37.5 Å². The van der Waals surface area contributed by atoms with Crippen LogP contribution in [0.3, 0.4) is 0 Å². The average Bonchev–Trinajstić information content (AvgIpc) is 3.16. The van der Waals surface area contributed by atoms with Gasteiger partial charge in [-0.25, -0.2) is 14.6 Å². The van der Waals surface area contributed by atoms with Crippen molar-refractivity contribution in [2.45, 2.75) is 111 Å². The lowest BCUT2D eigenvalue weighted by atomic mass is 9.99. The van der Waals surface area contributed by atoms with E-state index in [1.54, 1.807) is 24.1 Å². The largest absolute Gasteiger partial charge is 0.484 e. The molecule has 2 aliphatic heterocycles. The van der Waals surface area contributed by atoms with Crippen LogP contribution >= 0.6 is 11.6 Å². The summed E-state index contributed by atoms with van der Waals surface area (Å²) in [7, 11) is -0.627. The van der Waals surface area contributed by atoms with Gasteiger partial charge < -0.3 is 33.6 Å². The van der Waals surface area contributed by atoms with Gasteiger partial charge in [-0.05, 0) is 84.7 Å². The molecule has 2 amide bonds. The van der Waals surface area contributed by atoms with Gasteiger partial charge in [-0.3, -0.25) is 4.90 Å². The van der Waals surface area contributed by atoms with Gasteiger partial charge in [0.25, 0.3) is 5.88 Å². The number of carbonyl (C=O) groups excluding carboxylic acids is 2. The molecule has 1 atom stereocenters. The molecule has 4 rings (SSSR count). The molecule has 50 heavy (non-hydrogen) atoms. The third-order valence-corrected chi connectivity index (χ3v) is 13.4. The van der Waals surface area contributed by atoms with Crippen molar-refractivity contribution in [1.82, 2.24) is 14.9 Å². The summed E-state index contributed by atoms with van der Waals surface area (Å²) in [5.74, 6) is 1.42. The molecule has 1 unspecified atom stereocenters. The lowest BCUT2D eigenvalue weighted by Crippen LogP contribution is -2.48. The smallest absolute Gasteiger partial charge is 0.414 e. The average molecular weight is 732 g/mol. The fourth-order valence-corrected chi connectivity index (χ4v) is 6.80. The van der Waals surface area contributed by atoms with Crippen LogP contribution in [0.1, 0.15) is 80.0 Å². The highest BCUT2D eigenvalue weighted by Gasteiger charge is 2.41. The summed E-state index contributed by atoms with van der Waals surface area (Å²) in [6, 6.07) is 3.51. The van der Waals surface area contributed by atoms with Crippen molar-refractivity contribution in [2.75, 3.05) is 43.6 Å². The summed E-state index contributed by atoms with van der Waals surface area (Å²) in [6.45, 7) is 25.1. The molecule has 2 aromatic rings. The SMILES string of the molecule is Cc1cc(N(C)C(=O)OC(C)(C)C)cc(Nc2nc3c(c(C4=CCN(C(=O)OC(C)(C)C)CC(O[Si](C)(C)C(C)(C)C)C4)c2Cl)OCCO3)n1. The van der Waals surface area contributed by atoms with Gasteiger partial charge in [0.1, 0.15) is 30.2 Å². The topological polar surface area (TPSA) is 125 Å². The predicted octanol–water partition coefficient (Wildman–Crippen LogP) is 8.74. The number of pyridine rings is 2. The highest BCUT2D eigenvalue weighted by Crippen LogP contribution is 2.47. The Kier molecular flexibility index (Phi) is 11.4. The molecule has 0 spiro atoms. The summed E-state index contributed by atoms with van der Waals surface area (Å²) in [5.41, 5.74) is 1.36. The number of hydrogen-bond donors (Lipinski definition) is 1. The van der Waals surface area contributed by atoms with E-state index in [1.165, 1.54) is 4.90 Å². The maximum Gasteiger partial charge on any atom is 0.414 e. The van der Waals surface area contributed by atoms with Crippen LogP contribution in [-0.2, 0) is 13.9 Å². The van der Waals surface area contributed by atoms with Crippen LogP contribution in [0.15, 0.2) is 18.2 Å². The van der Waals surface area contributed by atoms with Crippen LogP contribution < -0.4 is 19.7 Å². The van der Waals surface area contributed by atoms with E-state index in [0.29, 0.717) is 65.5 Å². The fourth-order valence-electron chi connectivity index (χ4n) is 5.16.